The number of carbonyl (C=O) groups is 1. The Bertz CT molecular complexity index is 716. The fraction of sp³-hybridized carbons (Fsp3) is 0.188. The van der Waals surface area contributed by atoms with Gasteiger partial charge in [-0.05, 0) is 30.3 Å². The van der Waals surface area contributed by atoms with Crippen molar-refractivity contribution in [2.24, 2.45) is 0 Å². The van der Waals surface area contributed by atoms with Crippen molar-refractivity contribution in [3.8, 4) is 17.2 Å². The zero-order chi connectivity index (χ0) is 16.2. The number of rotatable bonds is 4. The molecule has 1 N–H and O–H groups in total. The smallest absolute Gasteiger partial charge is 0.262 e. The van der Waals surface area contributed by atoms with Gasteiger partial charge in [-0.3, -0.25) is 4.79 Å². The van der Waals surface area contributed by atoms with Crippen molar-refractivity contribution in [2.75, 3.05) is 25.1 Å². The third-order valence-corrected chi connectivity index (χ3v) is 3.47. The van der Waals surface area contributed by atoms with Gasteiger partial charge in [0.1, 0.15) is 19.0 Å². The summed E-state index contributed by atoms with van der Waals surface area (Å²) in [6.07, 6.45) is 0. The number of benzene rings is 2. The molecule has 0 aliphatic carbocycles. The molecule has 7 heteroatoms. The number of amides is 1. The van der Waals surface area contributed by atoms with E-state index in [1.165, 1.54) is 0 Å². The molecule has 0 fully saturated rings. The Hall–Kier alpha value is -2.11. The number of fused-ring (bicyclic) bond motifs is 1. The second-order valence-corrected chi connectivity index (χ2v) is 5.67. The molecule has 0 radical (unpaired) electrons. The summed E-state index contributed by atoms with van der Waals surface area (Å²) in [5.74, 6) is 1.40. The van der Waals surface area contributed by atoms with Gasteiger partial charge in [0.05, 0.1) is 0 Å². The van der Waals surface area contributed by atoms with Gasteiger partial charge >= 0.3 is 0 Å². The van der Waals surface area contributed by atoms with Crippen molar-refractivity contribution < 1.29 is 19.0 Å². The Morgan fingerprint density at radius 3 is 2.48 bits per heavy atom. The normalized spacial score (nSPS) is 12.6. The summed E-state index contributed by atoms with van der Waals surface area (Å²) in [6.45, 7) is 0.850. The molecular weight excluding hydrogens is 341 g/mol. The van der Waals surface area contributed by atoms with Crippen LogP contribution in [0.3, 0.4) is 0 Å². The minimum atomic E-state index is -0.308. The van der Waals surface area contributed by atoms with Crippen LogP contribution in [-0.4, -0.2) is 25.7 Å². The molecule has 1 aliphatic rings. The number of halogens is 2. The first kappa shape index (κ1) is 15.8. The molecule has 23 heavy (non-hydrogen) atoms. The molecule has 0 atom stereocenters. The van der Waals surface area contributed by atoms with Crippen molar-refractivity contribution in [3.05, 3.63) is 46.4 Å². The van der Waals surface area contributed by atoms with Crippen LogP contribution in [-0.2, 0) is 4.79 Å². The molecule has 0 aromatic heterocycles. The first-order valence-corrected chi connectivity index (χ1v) is 7.64. The fourth-order valence-electron chi connectivity index (χ4n) is 2.08. The molecule has 3 rings (SSSR count). The Morgan fingerprint density at radius 2 is 1.74 bits per heavy atom. The second-order valence-electron chi connectivity index (χ2n) is 4.80. The van der Waals surface area contributed by atoms with Gasteiger partial charge < -0.3 is 19.5 Å². The van der Waals surface area contributed by atoms with Crippen LogP contribution >= 0.6 is 23.2 Å². The highest BCUT2D eigenvalue weighted by molar-refractivity contribution is 6.34. The van der Waals surface area contributed by atoms with E-state index >= 15 is 0 Å². The molecule has 0 spiro atoms. The summed E-state index contributed by atoms with van der Waals surface area (Å²) in [5, 5.41) is 3.61. The third kappa shape index (κ3) is 4.21. The topological polar surface area (TPSA) is 56.8 Å². The monoisotopic (exact) mass is 353 g/mol. The highest BCUT2D eigenvalue weighted by atomic mass is 35.5. The lowest BCUT2D eigenvalue weighted by molar-refractivity contribution is -0.118. The van der Waals surface area contributed by atoms with Gasteiger partial charge in [0.15, 0.2) is 18.1 Å². The molecule has 0 saturated carbocycles. The summed E-state index contributed by atoms with van der Waals surface area (Å²) < 4.78 is 16.3. The summed E-state index contributed by atoms with van der Waals surface area (Å²) in [4.78, 5) is 11.9. The van der Waals surface area contributed by atoms with E-state index in [4.69, 9.17) is 37.4 Å². The Balaban J connectivity index is 1.59. The van der Waals surface area contributed by atoms with E-state index in [0.717, 1.165) is 0 Å². The summed E-state index contributed by atoms with van der Waals surface area (Å²) >= 11 is 11.7. The van der Waals surface area contributed by atoms with E-state index in [-0.39, 0.29) is 12.5 Å². The highest BCUT2D eigenvalue weighted by Crippen LogP contribution is 2.32. The zero-order valence-electron chi connectivity index (χ0n) is 12.0. The predicted octanol–water partition coefficient (Wildman–Crippen LogP) is 3.78. The van der Waals surface area contributed by atoms with Crippen LogP contribution in [0.1, 0.15) is 0 Å². The van der Waals surface area contributed by atoms with Gasteiger partial charge in [-0.15, -0.1) is 0 Å². The zero-order valence-corrected chi connectivity index (χ0v) is 13.5. The van der Waals surface area contributed by atoms with E-state index < -0.39 is 0 Å². The standard InChI is InChI=1S/C16H13Cl2NO4/c17-10-5-11(18)7-13(6-10)23-9-16(20)19-12-1-2-14-15(8-12)22-4-3-21-14/h1-2,5-8H,3-4,9H2,(H,19,20). The molecule has 5 nitrogen and oxygen atoms in total. The Kier molecular flexibility index (Phi) is 4.79. The lowest BCUT2D eigenvalue weighted by atomic mass is 10.2. The maximum Gasteiger partial charge on any atom is 0.262 e. The molecule has 1 heterocycles. The number of hydrogen-bond acceptors (Lipinski definition) is 4. The average Bonchev–Trinajstić information content (AvgIpc) is 2.52. The van der Waals surface area contributed by atoms with E-state index in [0.29, 0.717) is 46.2 Å². The number of ether oxygens (including phenoxy) is 3. The lowest BCUT2D eigenvalue weighted by Gasteiger charge is -2.19. The molecule has 0 saturated heterocycles. The highest BCUT2D eigenvalue weighted by Gasteiger charge is 2.13. The average molecular weight is 354 g/mol. The van der Waals surface area contributed by atoms with Crippen LogP contribution < -0.4 is 19.5 Å². The first-order chi connectivity index (χ1) is 11.1. The number of hydrogen-bond donors (Lipinski definition) is 1. The van der Waals surface area contributed by atoms with Crippen molar-refractivity contribution in [2.45, 2.75) is 0 Å². The second kappa shape index (κ2) is 6.98. The lowest BCUT2D eigenvalue weighted by Crippen LogP contribution is -2.20. The number of anilines is 1. The summed E-state index contributed by atoms with van der Waals surface area (Å²) in [6, 6.07) is 9.97. The van der Waals surface area contributed by atoms with Crippen molar-refractivity contribution in [3.63, 3.8) is 0 Å². The van der Waals surface area contributed by atoms with Gasteiger partial charge in [-0.2, -0.15) is 0 Å². The van der Waals surface area contributed by atoms with E-state index in [9.17, 15) is 4.79 Å². The number of nitrogens with one attached hydrogen (secondary N) is 1. The third-order valence-electron chi connectivity index (χ3n) is 3.03. The maximum absolute atomic E-state index is 11.9. The molecule has 0 unspecified atom stereocenters. The van der Waals surface area contributed by atoms with Gasteiger partial charge in [-0.25, -0.2) is 0 Å². The Morgan fingerprint density at radius 1 is 1.04 bits per heavy atom. The van der Waals surface area contributed by atoms with Crippen molar-refractivity contribution in [1.29, 1.82) is 0 Å². The maximum atomic E-state index is 11.9. The summed E-state index contributed by atoms with van der Waals surface area (Å²) in [7, 11) is 0. The van der Waals surface area contributed by atoms with Gasteiger partial charge in [0.25, 0.3) is 5.91 Å². The summed E-state index contributed by atoms with van der Waals surface area (Å²) in [5.41, 5.74) is 0.604. The van der Waals surface area contributed by atoms with E-state index in [1.54, 1.807) is 36.4 Å². The SMILES string of the molecule is O=C(COc1cc(Cl)cc(Cl)c1)Nc1ccc2c(c1)OCCO2. The molecule has 1 amide bonds. The van der Waals surface area contributed by atoms with Gasteiger partial charge in [0, 0.05) is 21.8 Å². The molecule has 0 bridgehead atoms. The largest absolute Gasteiger partial charge is 0.486 e. The minimum Gasteiger partial charge on any atom is -0.486 e. The predicted molar refractivity (Wildman–Crippen MR) is 88.0 cm³/mol. The van der Waals surface area contributed by atoms with Crippen molar-refractivity contribution >= 4 is 34.8 Å². The molecule has 2 aromatic rings. The van der Waals surface area contributed by atoms with Gasteiger partial charge in [0.2, 0.25) is 0 Å². The molecular formula is C16H13Cl2NO4. The van der Waals surface area contributed by atoms with Crippen LogP contribution in [0, 0.1) is 0 Å². The van der Waals surface area contributed by atoms with E-state index in [1.807, 2.05) is 0 Å². The van der Waals surface area contributed by atoms with Crippen LogP contribution in [0.5, 0.6) is 17.2 Å². The molecule has 2 aromatic carbocycles. The quantitative estimate of drug-likeness (QED) is 0.908. The van der Waals surface area contributed by atoms with Crippen molar-refractivity contribution in [1.82, 2.24) is 0 Å². The van der Waals surface area contributed by atoms with Gasteiger partial charge in [-0.1, -0.05) is 23.2 Å². The first-order valence-electron chi connectivity index (χ1n) is 6.88. The van der Waals surface area contributed by atoms with Crippen LogP contribution in [0.15, 0.2) is 36.4 Å². The minimum absolute atomic E-state index is 0.162. The molecule has 120 valence electrons. The van der Waals surface area contributed by atoms with Crippen LogP contribution in [0.4, 0.5) is 5.69 Å². The molecule has 1 aliphatic heterocycles. The Labute approximate surface area is 143 Å². The van der Waals surface area contributed by atoms with E-state index in [2.05, 4.69) is 5.32 Å². The van der Waals surface area contributed by atoms with Crippen LogP contribution in [0.25, 0.3) is 0 Å². The number of carbonyl (C=O) groups excluding carboxylic acids is 1. The fourth-order valence-corrected chi connectivity index (χ4v) is 2.58. The van der Waals surface area contributed by atoms with Crippen LogP contribution in [0.2, 0.25) is 10.0 Å².